The van der Waals surface area contributed by atoms with Crippen LogP contribution in [0.15, 0.2) is 42.5 Å². The molecule has 0 aromatic heterocycles. The van der Waals surface area contributed by atoms with Gasteiger partial charge in [-0.3, -0.25) is 4.79 Å². The van der Waals surface area contributed by atoms with Gasteiger partial charge in [-0.2, -0.15) is 0 Å². The van der Waals surface area contributed by atoms with Gasteiger partial charge in [0.05, 0.1) is 0 Å². The van der Waals surface area contributed by atoms with Crippen LogP contribution in [0.1, 0.15) is 21.5 Å². The van der Waals surface area contributed by atoms with E-state index < -0.39 is 0 Å². The van der Waals surface area contributed by atoms with Gasteiger partial charge in [0, 0.05) is 16.8 Å². The van der Waals surface area contributed by atoms with Crippen LogP contribution in [-0.2, 0) is 0 Å². The molecule has 0 saturated carbocycles. The molecule has 4 nitrogen and oxygen atoms in total. The highest BCUT2D eigenvalue weighted by atomic mass is 16.3. The number of aryl methyl sites for hydroxylation is 1. The third-order valence-corrected chi connectivity index (χ3v) is 2.89. The number of nitrogens with one attached hydrogen (secondary N) is 1. The maximum atomic E-state index is 12.1. The van der Waals surface area contributed by atoms with Crippen molar-refractivity contribution >= 4 is 11.6 Å². The van der Waals surface area contributed by atoms with Gasteiger partial charge in [-0.25, -0.2) is 0 Å². The first-order valence-corrected chi connectivity index (χ1v) is 6.41. The molecule has 106 valence electrons. The van der Waals surface area contributed by atoms with Crippen molar-refractivity contribution in [1.82, 2.24) is 0 Å². The van der Waals surface area contributed by atoms with E-state index in [9.17, 15) is 9.90 Å². The van der Waals surface area contributed by atoms with Crippen molar-refractivity contribution in [2.24, 2.45) is 0 Å². The molecule has 0 aliphatic carbocycles. The molecule has 0 unspecified atom stereocenters. The zero-order chi connectivity index (χ0) is 15.2. The molecule has 0 aliphatic rings. The molecule has 0 heterocycles. The van der Waals surface area contributed by atoms with Crippen LogP contribution in [0.5, 0.6) is 5.75 Å². The number of phenolic OH excluding ortho intramolecular Hbond substituents is 1. The van der Waals surface area contributed by atoms with Crippen molar-refractivity contribution in [3.8, 4) is 17.6 Å². The second kappa shape index (κ2) is 6.60. The number of anilines is 1. The van der Waals surface area contributed by atoms with E-state index in [1.807, 2.05) is 0 Å². The molecule has 0 atom stereocenters. The molecule has 4 heteroatoms. The number of carbonyl (C=O) groups excluding carboxylic acids is 1. The van der Waals surface area contributed by atoms with Crippen LogP contribution in [0.25, 0.3) is 0 Å². The minimum absolute atomic E-state index is 0.160. The maximum absolute atomic E-state index is 12.1. The summed E-state index contributed by atoms with van der Waals surface area (Å²) in [6, 6.07) is 11.7. The van der Waals surface area contributed by atoms with Crippen LogP contribution in [0, 0.1) is 18.8 Å². The third kappa shape index (κ3) is 3.85. The Bertz CT molecular complexity index is 726. The van der Waals surface area contributed by atoms with E-state index in [1.54, 1.807) is 43.3 Å². The molecule has 0 spiro atoms. The van der Waals surface area contributed by atoms with Gasteiger partial charge in [0.15, 0.2) is 0 Å². The lowest BCUT2D eigenvalue weighted by Crippen LogP contribution is -2.12. The van der Waals surface area contributed by atoms with Gasteiger partial charge in [-0.15, -0.1) is 0 Å². The van der Waals surface area contributed by atoms with Crippen LogP contribution in [0.2, 0.25) is 0 Å². The summed E-state index contributed by atoms with van der Waals surface area (Å²) in [4.78, 5) is 12.1. The fourth-order valence-corrected chi connectivity index (χ4v) is 1.82. The Balaban J connectivity index is 2.17. The lowest BCUT2D eigenvalue weighted by Gasteiger charge is -2.07. The molecule has 1 amide bonds. The highest BCUT2D eigenvalue weighted by Crippen LogP contribution is 2.18. The van der Waals surface area contributed by atoms with E-state index in [4.69, 9.17) is 5.11 Å². The van der Waals surface area contributed by atoms with Gasteiger partial charge in [0.2, 0.25) is 0 Å². The normalized spacial score (nSPS) is 9.62. The average molecular weight is 281 g/mol. The summed E-state index contributed by atoms with van der Waals surface area (Å²) in [6.45, 7) is 1.53. The first-order chi connectivity index (χ1) is 10.1. The number of aliphatic hydroxyl groups is 1. The molecular formula is C17H15NO3. The molecule has 2 rings (SSSR count). The van der Waals surface area contributed by atoms with Crippen molar-refractivity contribution in [3.63, 3.8) is 0 Å². The molecule has 3 N–H and O–H groups in total. The van der Waals surface area contributed by atoms with E-state index in [0.717, 1.165) is 0 Å². The highest BCUT2D eigenvalue weighted by molar-refractivity contribution is 6.04. The number of hydrogen-bond acceptors (Lipinski definition) is 3. The Morgan fingerprint density at radius 3 is 2.76 bits per heavy atom. The third-order valence-electron chi connectivity index (χ3n) is 2.89. The number of carbonyl (C=O) groups is 1. The van der Waals surface area contributed by atoms with Crippen LogP contribution >= 0.6 is 0 Å². The Hall–Kier alpha value is -2.77. The number of hydrogen-bond donors (Lipinski definition) is 3. The van der Waals surface area contributed by atoms with Gasteiger partial charge >= 0.3 is 0 Å². The fourth-order valence-electron chi connectivity index (χ4n) is 1.82. The summed E-state index contributed by atoms with van der Waals surface area (Å²) in [7, 11) is 0. The molecule has 0 bridgehead atoms. The molecule has 0 fully saturated rings. The minimum Gasteiger partial charge on any atom is -0.508 e. The number of phenols is 1. The van der Waals surface area contributed by atoms with Crippen molar-refractivity contribution in [3.05, 3.63) is 59.2 Å². The van der Waals surface area contributed by atoms with Gasteiger partial charge in [-0.1, -0.05) is 17.9 Å². The van der Waals surface area contributed by atoms with Gasteiger partial charge < -0.3 is 15.5 Å². The smallest absolute Gasteiger partial charge is 0.255 e. The highest BCUT2D eigenvalue weighted by Gasteiger charge is 2.08. The number of benzene rings is 2. The van der Waals surface area contributed by atoms with Crippen LogP contribution < -0.4 is 5.32 Å². The second-order valence-corrected chi connectivity index (χ2v) is 4.50. The Morgan fingerprint density at radius 1 is 1.24 bits per heavy atom. The monoisotopic (exact) mass is 281 g/mol. The number of aromatic hydroxyl groups is 1. The maximum Gasteiger partial charge on any atom is 0.255 e. The van der Waals surface area contributed by atoms with Crippen molar-refractivity contribution in [2.45, 2.75) is 6.92 Å². The first-order valence-electron chi connectivity index (χ1n) is 6.41. The van der Waals surface area contributed by atoms with E-state index >= 15 is 0 Å². The molecule has 0 aliphatic heterocycles. The zero-order valence-corrected chi connectivity index (χ0v) is 11.6. The molecule has 21 heavy (non-hydrogen) atoms. The molecule has 0 radical (unpaired) electrons. The predicted molar refractivity (Wildman–Crippen MR) is 81.2 cm³/mol. The van der Waals surface area contributed by atoms with Gasteiger partial charge in [-0.05, 0) is 48.9 Å². The van der Waals surface area contributed by atoms with Gasteiger partial charge in [0.25, 0.3) is 5.91 Å². The fraction of sp³-hybridized carbons (Fsp3) is 0.118. The summed E-state index contributed by atoms with van der Waals surface area (Å²) in [5.74, 6) is 5.24. The van der Waals surface area contributed by atoms with E-state index in [2.05, 4.69) is 17.2 Å². The lowest BCUT2D eigenvalue weighted by atomic mass is 10.1. The average Bonchev–Trinajstić information content (AvgIpc) is 2.48. The predicted octanol–water partition coefficient (Wildman–Crippen LogP) is 2.30. The Kier molecular flexibility index (Phi) is 4.60. The Morgan fingerprint density at radius 2 is 2.05 bits per heavy atom. The van der Waals surface area contributed by atoms with E-state index in [-0.39, 0.29) is 18.3 Å². The van der Waals surface area contributed by atoms with Gasteiger partial charge in [0.1, 0.15) is 12.4 Å². The molecule has 2 aromatic rings. The molecule has 0 saturated heterocycles. The summed E-state index contributed by atoms with van der Waals surface area (Å²) in [5.41, 5.74) is 2.45. The number of rotatable bonds is 2. The van der Waals surface area contributed by atoms with E-state index in [1.165, 1.54) is 6.07 Å². The van der Waals surface area contributed by atoms with Crippen LogP contribution in [-0.4, -0.2) is 22.7 Å². The Labute approximate surface area is 123 Å². The quantitative estimate of drug-likeness (QED) is 0.740. The number of amides is 1. The van der Waals surface area contributed by atoms with Crippen molar-refractivity contribution < 1.29 is 15.0 Å². The van der Waals surface area contributed by atoms with Crippen molar-refractivity contribution in [2.75, 3.05) is 11.9 Å². The van der Waals surface area contributed by atoms with E-state index in [0.29, 0.717) is 22.4 Å². The summed E-state index contributed by atoms with van der Waals surface area (Å²) < 4.78 is 0. The SMILES string of the molecule is Cc1cc(C(=O)Nc2cccc(C#CCO)c2)ccc1O. The lowest BCUT2D eigenvalue weighted by molar-refractivity contribution is 0.102. The molecule has 2 aromatic carbocycles. The standard InChI is InChI=1S/C17H15NO3/c1-12-10-14(7-8-16(12)20)17(21)18-15-6-2-4-13(11-15)5-3-9-19/h2,4,6-8,10-11,19-20H,9H2,1H3,(H,18,21). The zero-order valence-electron chi connectivity index (χ0n) is 11.6. The summed E-state index contributed by atoms with van der Waals surface area (Å²) >= 11 is 0. The summed E-state index contributed by atoms with van der Waals surface area (Å²) in [6.07, 6.45) is 0. The topological polar surface area (TPSA) is 69.6 Å². The van der Waals surface area contributed by atoms with Crippen LogP contribution in [0.3, 0.4) is 0 Å². The minimum atomic E-state index is -0.259. The first kappa shape index (κ1) is 14.6. The summed E-state index contributed by atoms with van der Waals surface area (Å²) in [5, 5.41) is 20.9. The molecular weight excluding hydrogens is 266 g/mol. The largest absolute Gasteiger partial charge is 0.508 e. The van der Waals surface area contributed by atoms with Crippen molar-refractivity contribution in [1.29, 1.82) is 0 Å². The number of aliphatic hydroxyl groups excluding tert-OH is 1. The van der Waals surface area contributed by atoms with Crippen LogP contribution in [0.4, 0.5) is 5.69 Å². The second-order valence-electron chi connectivity index (χ2n) is 4.50.